The number of carboxylic acid groups (broad SMARTS) is 1. The Morgan fingerprint density at radius 1 is 0.939 bits per heavy atom. The summed E-state index contributed by atoms with van der Waals surface area (Å²) in [6.07, 6.45) is 4.58. The number of aliphatic carboxylic acids is 1. The molecule has 0 radical (unpaired) electrons. The molecule has 2 aromatic rings. The lowest BCUT2D eigenvalue weighted by molar-refractivity contribution is -0.142. The summed E-state index contributed by atoms with van der Waals surface area (Å²) in [5.41, 5.74) is 2.58. The van der Waals surface area contributed by atoms with Crippen LogP contribution in [0.4, 0.5) is 16.2 Å². The molecule has 0 unspecified atom stereocenters. The van der Waals surface area contributed by atoms with E-state index in [-0.39, 0.29) is 48.8 Å². The molecule has 2 fully saturated rings. The molecule has 7 nitrogen and oxygen atoms in total. The van der Waals surface area contributed by atoms with Crippen molar-refractivity contribution in [2.45, 2.75) is 63.1 Å². The monoisotopic (exact) mass is 447 g/mol. The van der Waals surface area contributed by atoms with Crippen molar-refractivity contribution in [3.05, 3.63) is 60.2 Å². The van der Waals surface area contributed by atoms with Crippen molar-refractivity contribution in [1.82, 2.24) is 4.90 Å². The quantitative estimate of drug-likeness (QED) is 0.665. The van der Waals surface area contributed by atoms with E-state index in [2.05, 4.69) is 5.32 Å². The maximum absolute atomic E-state index is 13.5. The Balaban J connectivity index is 1.51. The van der Waals surface area contributed by atoms with E-state index in [0.717, 1.165) is 49.0 Å². The molecular formula is C26H29N3O4. The van der Waals surface area contributed by atoms with Gasteiger partial charge in [-0.3, -0.25) is 14.5 Å². The molecule has 172 valence electrons. The van der Waals surface area contributed by atoms with Gasteiger partial charge in [-0.15, -0.1) is 0 Å². The number of carbonyl (C=O) groups is 3. The average Bonchev–Trinajstić information content (AvgIpc) is 3.53. The van der Waals surface area contributed by atoms with Crippen molar-refractivity contribution >= 4 is 29.3 Å². The van der Waals surface area contributed by atoms with Crippen LogP contribution < -0.4 is 10.2 Å². The molecule has 2 aromatic carbocycles. The maximum atomic E-state index is 13.5. The number of hydrogen-bond acceptors (Lipinski definition) is 3. The number of rotatable bonds is 6. The lowest BCUT2D eigenvalue weighted by atomic mass is 9.81. The standard InChI is InChI=1S/C26H29N3O4/c30-23(15-16-24(31)32)28(18-13-14-18)25-19-9-4-5-11-21(19)29(22-12-6-10-20(22)25)26(33)27-17-7-2-1-3-8-17/h1-5,7-9,11,18,20,22,25H,6,10,12-16H2,(H,27,33)(H,31,32)/t20-,22+,25+/m1/s1. The molecule has 0 aromatic heterocycles. The number of carbonyl (C=O) groups excluding carboxylic acids is 2. The highest BCUT2D eigenvalue weighted by atomic mass is 16.4. The van der Waals surface area contributed by atoms with Gasteiger partial charge in [-0.05, 0) is 49.4 Å². The summed E-state index contributed by atoms with van der Waals surface area (Å²) in [7, 11) is 0. The summed E-state index contributed by atoms with van der Waals surface area (Å²) in [6, 6.07) is 17.2. The second kappa shape index (κ2) is 8.89. The Bertz CT molecular complexity index is 1050. The predicted octanol–water partition coefficient (Wildman–Crippen LogP) is 4.80. The van der Waals surface area contributed by atoms with E-state index in [1.165, 1.54) is 0 Å². The van der Waals surface area contributed by atoms with E-state index in [0.29, 0.717) is 0 Å². The van der Waals surface area contributed by atoms with Gasteiger partial charge in [-0.25, -0.2) is 4.79 Å². The molecule has 1 aliphatic heterocycles. The molecule has 1 heterocycles. The second-order valence-electron chi connectivity index (χ2n) is 9.26. The molecule has 2 saturated carbocycles. The molecule has 2 N–H and O–H groups in total. The minimum atomic E-state index is -0.953. The minimum Gasteiger partial charge on any atom is -0.481 e. The van der Waals surface area contributed by atoms with Gasteiger partial charge in [0.25, 0.3) is 0 Å². The van der Waals surface area contributed by atoms with Crippen LogP contribution in [0, 0.1) is 5.92 Å². The lowest BCUT2D eigenvalue weighted by Gasteiger charge is -2.47. The molecule has 3 amide bonds. The third-order valence-electron chi connectivity index (χ3n) is 7.11. The summed E-state index contributed by atoms with van der Waals surface area (Å²) < 4.78 is 0. The Morgan fingerprint density at radius 2 is 1.67 bits per heavy atom. The van der Waals surface area contributed by atoms with E-state index in [9.17, 15) is 14.4 Å². The van der Waals surface area contributed by atoms with Gasteiger partial charge in [0.05, 0.1) is 18.2 Å². The molecule has 0 bridgehead atoms. The Labute approximate surface area is 193 Å². The largest absolute Gasteiger partial charge is 0.481 e. The van der Waals surface area contributed by atoms with E-state index in [1.54, 1.807) is 0 Å². The fourth-order valence-electron chi connectivity index (χ4n) is 5.63. The van der Waals surface area contributed by atoms with Crippen LogP contribution in [0.2, 0.25) is 0 Å². The third-order valence-corrected chi connectivity index (χ3v) is 7.11. The average molecular weight is 448 g/mol. The van der Waals surface area contributed by atoms with E-state index in [1.807, 2.05) is 64.4 Å². The van der Waals surface area contributed by atoms with Crippen molar-refractivity contribution in [2.75, 3.05) is 10.2 Å². The Hall–Kier alpha value is -3.35. The van der Waals surface area contributed by atoms with E-state index in [4.69, 9.17) is 5.11 Å². The first-order chi connectivity index (χ1) is 16.0. The summed E-state index contributed by atoms with van der Waals surface area (Å²) in [4.78, 5) is 41.7. The highest BCUT2D eigenvalue weighted by Crippen LogP contribution is 2.52. The number of amides is 3. The topological polar surface area (TPSA) is 90.0 Å². The van der Waals surface area contributed by atoms with Gasteiger partial charge in [0, 0.05) is 30.1 Å². The summed E-state index contributed by atoms with van der Waals surface area (Å²) in [5.74, 6) is -0.908. The van der Waals surface area contributed by atoms with Crippen LogP contribution in [-0.2, 0) is 9.59 Å². The highest BCUT2D eigenvalue weighted by molar-refractivity contribution is 6.03. The van der Waals surface area contributed by atoms with Crippen LogP contribution >= 0.6 is 0 Å². The fourth-order valence-corrected chi connectivity index (χ4v) is 5.63. The second-order valence-corrected chi connectivity index (χ2v) is 9.26. The first kappa shape index (κ1) is 21.5. The predicted molar refractivity (Wildman–Crippen MR) is 125 cm³/mol. The van der Waals surface area contributed by atoms with Crippen LogP contribution in [-0.4, -0.2) is 40.0 Å². The lowest BCUT2D eigenvalue weighted by Crippen LogP contribution is -2.53. The molecular weight excluding hydrogens is 418 g/mol. The van der Waals surface area contributed by atoms with Gasteiger partial charge in [0.1, 0.15) is 0 Å². The fraction of sp³-hybridized carbons (Fsp3) is 0.423. The van der Waals surface area contributed by atoms with Gasteiger partial charge in [0.2, 0.25) is 5.91 Å². The Morgan fingerprint density at radius 3 is 2.39 bits per heavy atom. The van der Waals surface area contributed by atoms with Gasteiger partial charge < -0.3 is 15.3 Å². The number of nitrogens with one attached hydrogen (secondary N) is 1. The van der Waals surface area contributed by atoms with Crippen molar-refractivity contribution in [3.63, 3.8) is 0 Å². The number of para-hydroxylation sites is 2. The molecule has 0 spiro atoms. The molecule has 7 heteroatoms. The highest BCUT2D eigenvalue weighted by Gasteiger charge is 2.51. The first-order valence-corrected chi connectivity index (χ1v) is 11.8. The number of carboxylic acids is 1. The number of fused-ring (bicyclic) bond motifs is 2. The number of urea groups is 1. The van der Waals surface area contributed by atoms with Crippen molar-refractivity contribution in [1.29, 1.82) is 0 Å². The molecule has 33 heavy (non-hydrogen) atoms. The van der Waals surface area contributed by atoms with Gasteiger partial charge in [-0.2, -0.15) is 0 Å². The molecule has 3 atom stereocenters. The number of benzene rings is 2. The van der Waals surface area contributed by atoms with Crippen molar-refractivity contribution < 1.29 is 19.5 Å². The molecule has 2 aliphatic carbocycles. The number of nitrogens with zero attached hydrogens (tertiary/aromatic N) is 2. The maximum Gasteiger partial charge on any atom is 0.326 e. The Kier molecular flexibility index (Phi) is 5.79. The summed E-state index contributed by atoms with van der Waals surface area (Å²) in [5, 5.41) is 12.2. The first-order valence-electron chi connectivity index (χ1n) is 11.8. The van der Waals surface area contributed by atoms with Crippen LogP contribution in [0.25, 0.3) is 0 Å². The number of anilines is 2. The summed E-state index contributed by atoms with van der Waals surface area (Å²) >= 11 is 0. The van der Waals surface area contributed by atoms with E-state index >= 15 is 0 Å². The van der Waals surface area contributed by atoms with Crippen LogP contribution in [0.3, 0.4) is 0 Å². The summed E-state index contributed by atoms with van der Waals surface area (Å²) in [6.45, 7) is 0. The van der Waals surface area contributed by atoms with Crippen molar-refractivity contribution in [2.24, 2.45) is 5.92 Å². The van der Waals surface area contributed by atoms with Gasteiger partial charge in [0.15, 0.2) is 0 Å². The van der Waals surface area contributed by atoms with E-state index < -0.39 is 5.97 Å². The molecule has 0 saturated heterocycles. The zero-order valence-corrected chi connectivity index (χ0v) is 18.5. The zero-order chi connectivity index (χ0) is 22.9. The number of hydrogen-bond donors (Lipinski definition) is 2. The van der Waals surface area contributed by atoms with Gasteiger partial charge in [-0.1, -0.05) is 42.8 Å². The SMILES string of the molecule is O=C(O)CCC(=O)N(C1CC1)[C@H]1c2ccccc2N(C(=O)Nc2ccccc2)[C@H]2CCC[C@H]21. The van der Waals surface area contributed by atoms with Crippen LogP contribution in [0.5, 0.6) is 0 Å². The van der Waals surface area contributed by atoms with Crippen molar-refractivity contribution in [3.8, 4) is 0 Å². The third kappa shape index (κ3) is 4.19. The van der Waals surface area contributed by atoms with Crippen LogP contribution in [0.15, 0.2) is 54.6 Å². The van der Waals surface area contributed by atoms with Crippen LogP contribution in [0.1, 0.15) is 56.6 Å². The minimum absolute atomic E-state index is 0.00198. The molecule has 5 rings (SSSR count). The smallest absolute Gasteiger partial charge is 0.326 e. The zero-order valence-electron chi connectivity index (χ0n) is 18.5. The molecule has 3 aliphatic rings. The van der Waals surface area contributed by atoms with Gasteiger partial charge >= 0.3 is 12.0 Å². The normalized spacial score (nSPS) is 23.4.